The van der Waals surface area contributed by atoms with E-state index in [4.69, 9.17) is 9.69 Å². The molecule has 0 radical (unpaired) electrons. The molecule has 1 aromatic heterocycles. The highest BCUT2D eigenvalue weighted by atomic mass is 32.2. The molecular formula is C7H7N3O2S2. The van der Waals surface area contributed by atoms with Gasteiger partial charge in [-0.25, -0.2) is 9.19 Å². The van der Waals surface area contributed by atoms with Crippen LogP contribution in [0.5, 0.6) is 0 Å². The van der Waals surface area contributed by atoms with E-state index in [9.17, 15) is 4.21 Å². The Balaban J connectivity index is 2.60. The summed E-state index contributed by atoms with van der Waals surface area (Å²) in [6.45, 7) is 0. The van der Waals surface area contributed by atoms with E-state index >= 15 is 0 Å². The Kier molecular flexibility index (Phi) is 2.55. The third-order valence-corrected chi connectivity index (χ3v) is 2.78. The molecular weight excluding hydrogens is 222 g/mol. The van der Waals surface area contributed by atoms with Crippen molar-refractivity contribution in [2.75, 3.05) is 0 Å². The molecule has 1 atom stereocenters. The van der Waals surface area contributed by atoms with Crippen LogP contribution in [0.25, 0.3) is 11.0 Å². The number of imidazole rings is 1. The number of H-pyrrole nitrogens is 1. The van der Waals surface area contributed by atoms with Crippen molar-refractivity contribution in [2.45, 2.75) is 10.1 Å². The number of benzene rings is 1. The molecule has 1 aromatic carbocycles. The third kappa shape index (κ3) is 1.67. The molecule has 0 saturated heterocycles. The van der Waals surface area contributed by atoms with Crippen LogP contribution in [0.4, 0.5) is 0 Å². The van der Waals surface area contributed by atoms with Gasteiger partial charge in [0, 0.05) is 4.90 Å². The predicted molar refractivity (Wildman–Crippen MR) is 55.2 cm³/mol. The number of nitrogens with two attached hydrogens (primary N) is 1. The summed E-state index contributed by atoms with van der Waals surface area (Å²) in [6.07, 6.45) is 0. The number of aromatic amines is 1. The van der Waals surface area contributed by atoms with Gasteiger partial charge in [0.15, 0.2) is 0 Å². The molecule has 0 aliphatic carbocycles. The van der Waals surface area contributed by atoms with Crippen molar-refractivity contribution in [3.05, 3.63) is 18.2 Å². The molecule has 5 nitrogen and oxygen atoms in total. The van der Waals surface area contributed by atoms with Gasteiger partial charge in [0.2, 0.25) is 16.2 Å². The topological polar surface area (TPSA) is 92.0 Å². The summed E-state index contributed by atoms with van der Waals surface area (Å²) >= 11 is -0.960. The predicted octanol–water partition coefficient (Wildman–Crippen LogP) is 1.11. The summed E-state index contributed by atoms with van der Waals surface area (Å²) in [4.78, 5) is 7.54. The van der Waals surface area contributed by atoms with E-state index in [0.29, 0.717) is 11.0 Å². The zero-order valence-electron chi connectivity index (χ0n) is 6.93. The first kappa shape index (κ1) is 9.66. The van der Waals surface area contributed by atoms with Crippen molar-refractivity contribution in [1.82, 2.24) is 9.97 Å². The van der Waals surface area contributed by atoms with Crippen LogP contribution in [0.3, 0.4) is 0 Å². The molecule has 0 spiro atoms. The normalized spacial score (nSPS) is 13.3. The van der Waals surface area contributed by atoms with Gasteiger partial charge in [0.1, 0.15) is 0 Å². The molecule has 7 heteroatoms. The second-order valence-corrected chi connectivity index (χ2v) is 4.18. The second kappa shape index (κ2) is 3.70. The number of fused-ring (bicyclic) bond motifs is 1. The Morgan fingerprint density at radius 2 is 2.36 bits per heavy atom. The van der Waals surface area contributed by atoms with E-state index in [1.54, 1.807) is 18.2 Å². The number of hydrogen-bond donors (Lipinski definition) is 3. The Labute approximate surface area is 86.5 Å². The fourth-order valence-corrected chi connectivity index (χ4v) is 1.83. The van der Waals surface area contributed by atoms with Gasteiger partial charge < -0.3 is 4.98 Å². The van der Waals surface area contributed by atoms with E-state index in [2.05, 4.69) is 9.97 Å². The molecule has 0 amide bonds. The molecule has 0 bridgehead atoms. The fraction of sp³-hybridized carbons (Fsp3) is 0. The van der Waals surface area contributed by atoms with Crippen molar-refractivity contribution in [3.8, 4) is 0 Å². The molecule has 74 valence electrons. The van der Waals surface area contributed by atoms with Crippen LogP contribution in [0.15, 0.2) is 28.3 Å². The van der Waals surface area contributed by atoms with E-state index in [1.165, 1.54) is 0 Å². The van der Waals surface area contributed by atoms with Gasteiger partial charge in [-0.15, -0.1) is 0 Å². The van der Waals surface area contributed by atoms with E-state index < -0.39 is 11.1 Å². The van der Waals surface area contributed by atoms with Gasteiger partial charge in [0.25, 0.3) is 0 Å². The van der Waals surface area contributed by atoms with Gasteiger partial charge in [-0.3, -0.25) is 9.69 Å². The van der Waals surface area contributed by atoms with Crippen LogP contribution < -0.4 is 5.14 Å². The summed E-state index contributed by atoms with van der Waals surface area (Å²) in [5.41, 5.74) is 1.36. The zero-order chi connectivity index (χ0) is 10.1. The van der Waals surface area contributed by atoms with Crippen molar-refractivity contribution in [1.29, 1.82) is 0 Å². The van der Waals surface area contributed by atoms with Crippen molar-refractivity contribution in [3.63, 3.8) is 0 Å². The first-order valence-corrected chi connectivity index (χ1v) is 5.66. The molecule has 2 rings (SSSR count). The number of nitrogens with one attached hydrogen (secondary N) is 1. The Morgan fingerprint density at radius 1 is 1.57 bits per heavy atom. The highest BCUT2D eigenvalue weighted by molar-refractivity contribution is 7.97. The van der Waals surface area contributed by atoms with Crippen molar-refractivity contribution >= 4 is 34.1 Å². The molecule has 14 heavy (non-hydrogen) atoms. The van der Waals surface area contributed by atoms with E-state index in [0.717, 1.165) is 16.8 Å². The van der Waals surface area contributed by atoms with Gasteiger partial charge in [0.05, 0.1) is 11.0 Å². The minimum atomic E-state index is -2.07. The second-order valence-electron chi connectivity index (χ2n) is 2.59. The van der Waals surface area contributed by atoms with Crippen molar-refractivity contribution < 1.29 is 8.76 Å². The monoisotopic (exact) mass is 229 g/mol. The number of nitrogens with zero attached hydrogens (tertiary/aromatic N) is 1. The van der Waals surface area contributed by atoms with Crippen LogP contribution in [0.2, 0.25) is 0 Å². The Morgan fingerprint density at radius 3 is 3.00 bits per heavy atom. The molecule has 1 unspecified atom stereocenters. The third-order valence-electron chi connectivity index (χ3n) is 1.73. The average molecular weight is 229 g/mol. The van der Waals surface area contributed by atoms with Crippen LogP contribution in [-0.4, -0.2) is 18.7 Å². The molecule has 4 N–H and O–H groups in total. The smallest absolute Gasteiger partial charge is 0.225 e. The first-order chi connectivity index (χ1) is 6.70. The largest absolute Gasteiger partial charge is 0.329 e. The van der Waals surface area contributed by atoms with Gasteiger partial charge in [-0.2, -0.15) is 0 Å². The number of rotatable bonds is 2. The standard InChI is InChI=1S/C7H7N3O2S2/c8-13-4-1-2-5-6(3-4)10-7(9-5)14(11)12/h1-3H,8H2,(H,9,10)(H,11,12). The van der Waals surface area contributed by atoms with Crippen LogP contribution >= 0.6 is 11.9 Å². The zero-order valence-corrected chi connectivity index (χ0v) is 8.56. The summed E-state index contributed by atoms with van der Waals surface area (Å²) in [5, 5.41) is 5.44. The summed E-state index contributed by atoms with van der Waals surface area (Å²) in [7, 11) is 0. The average Bonchev–Trinajstić information content (AvgIpc) is 2.59. The molecule has 0 aliphatic rings. The molecule has 2 aromatic rings. The minimum absolute atomic E-state index is 0.0548. The maximum atomic E-state index is 10.7. The number of aromatic nitrogens is 2. The van der Waals surface area contributed by atoms with Gasteiger partial charge in [-0.1, -0.05) is 0 Å². The van der Waals surface area contributed by atoms with Gasteiger partial charge >= 0.3 is 0 Å². The van der Waals surface area contributed by atoms with E-state index in [-0.39, 0.29) is 5.16 Å². The lowest BCUT2D eigenvalue weighted by Gasteiger charge is -1.92. The summed E-state index contributed by atoms with van der Waals surface area (Å²) < 4.78 is 19.5. The lowest BCUT2D eigenvalue weighted by Crippen LogP contribution is -1.89. The molecule has 1 heterocycles. The lowest BCUT2D eigenvalue weighted by molar-refractivity contribution is 0.557. The Bertz CT molecular complexity index is 497. The van der Waals surface area contributed by atoms with Crippen LogP contribution in [0.1, 0.15) is 0 Å². The molecule has 0 aliphatic heterocycles. The lowest BCUT2D eigenvalue weighted by atomic mass is 10.3. The minimum Gasteiger partial charge on any atom is -0.329 e. The van der Waals surface area contributed by atoms with Crippen molar-refractivity contribution in [2.24, 2.45) is 5.14 Å². The summed E-state index contributed by atoms with van der Waals surface area (Å²) in [6, 6.07) is 5.33. The quantitative estimate of drug-likeness (QED) is 0.530. The summed E-state index contributed by atoms with van der Waals surface area (Å²) in [5.74, 6) is 0. The highest BCUT2D eigenvalue weighted by Gasteiger charge is 2.07. The SMILES string of the molecule is NSc1ccc2nc(S(=O)O)[nH]c2c1. The first-order valence-electron chi connectivity index (χ1n) is 3.68. The van der Waals surface area contributed by atoms with Gasteiger partial charge in [-0.05, 0) is 30.1 Å². The highest BCUT2D eigenvalue weighted by Crippen LogP contribution is 2.19. The Hall–Kier alpha value is -0.890. The maximum absolute atomic E-state index is 10.7. The fourth-order valence-electron chi connectivity index (χ4n) is 1.12. The van der Waals surface area contributed by atoms with Crippen LogP contribution in [0, 0.1) is 0 Å². The van der Waals surface area contributed by atoms with E-state index in [1.807, 2.05) is 0 Å². The van der Waals surface area contributed by atoms with Crippen LogP contribution in [-0.2, 0) is 11.1 Å². The molecule has 0 fully saturated rings. The number of hydrogen-bond acceptors (Lipinski definition) is 4. The maximum Gasteiger partial charge on any atom is 0.225 e. The molecule has 0 saturated carbocycles.